The smallest absolute Gasteiger partial charge is 0.326 e. The maximum Gasteiger partial charge on any atom is 0.326 e. The second-order valence-corrected chi connectivity index (χ2v) is 13.9. The average Bonchev–Trinajstić information content (AvgIpc) is 3.20. The summed E-state index contributed by atoms with van der Waals surface area (Å²) < 4.78 is 0. The first-order valence-corrected chi connectivity index (χ1v) is 19.9. The van der Waals surface area contributed by atoms with Crippen LogP contribution in [0.25, 0.3) is 0 Å². The Morgan fingerprint density at radius 3 is 1.52 bits per heavy atom. The van der Waals surface area contributed by atoms with Crippen LogP contribution < -0.4 is 72.0 Å². The number of carboxylic acids is 1. The summed E-state index contributed by atoms with van der Waals surface area (Å²) in [5.74, 6) is -5.89. The quantitative estimate of drug-likeness (QED) is 0.0189. The van der Waals surface area contributed by atoms with E-state index >= 15 is 0 Å². The van der Waals surface area contributed by atoms with Crippen molar-refractivity contribution >= 4 is 53.3 Å². The molecular weight excluding hydrogens is 783 g/mol. The number of guanidine groups is 2. The van der Waals surface area contributed by atoms with Gasteiger partial charge in [-0.25, -0.2) is 4.79 Å². The van der Waals surface area contributed by atoms with E-state index < -0.39 is 84.7 Å². The van der Waals surface area contributed by atoms with Gasteiger partial charge in [0, 0.05) is 13.1 Å². The van der Waals surface area contributed by atoms with Crippen LogP contribution in [0.4, 0.5) is 0 Å². The number of unbranched alkanes of at least 4 members (excludes halogenated alkanes) is 2. The van der Waals surface area contributed by atoms with Gasteiger partial charge in [0.15, 0.2) is 11.9 Å². The largest absolute Gasteiger partial charge is 0.480 e. The molecule has 0 aliphatic heterocycles. The van der Waals surface area contributed by atoms with Gasteiger partial charge in [-0.15, -0.1) is 0 Å². The maximum atomic E-state index is 13.6. The Labute approximate surface area is 349 Å². The van der Waals surface area contributed by atoms with Crippen molar-refractivity contribution in [1.29, 1.82) is 0 Å². The summed E-state index contributed by atoms with van der Waals surface area (Å²) in [6, 6.07) is 3.41. The van der Waals surface area contributed by atoms with E-state index in [9.17, 15) is 38.7 Å². The van der Waals surface area contributed by atoms with Gasteiger partial charge in [-0.2, -0.15) is 0 Å². The van der Waals surface area contributed by atoms with Crippen molar-refractivity contribution in [2.24, 2.45) is 50.1 Å². The molecule has 0 radical (unpaired) electrons. The van der Waals surface area contributed by atoms with Crippen LogP contribution in [0.3, 0.4) is 0 Å². The molecule has 0 aliphatic rings. The molecule has 0 saturated heterocycles. The summed E-state index contributed by atoms with van der Waals surface area (Å²) >= 11 is 0. The van der Waals surface area contributed by atoms with Gasteiger partial charge in [-0.05, 0) is 89.3 Å². The Hall–Kier alpha value is -6.07. The zero-order chi connectivity index (χ0) is 44.9. The SMILES string of the molecule is NCCCC[C@H](NC(=O)[C@H](CCCN=C(N)N)NC(=O)[C@@H](N)Cc1ccccc1)C(=O)NCC(=O)NCC(=O)N[C@@H](CCCN=C(N)N)C(=O)N[C@H](CCCCN)C(=O)O. The highest BCUT2D eigenvalue weighted by atomic mass is 16.4. The monoisotopic (exact) mass is 848 g/mol. The lowest BCUT2D eigenvalue weighted by molar-refractivity contribution is -0.142. The van der Waals surface area contributed by atoms with Crippen molar-refractivity contribution in [3.8, 4) is 0 Å². The lowest BCUT2D eigenvalue weighted by atomic mass is 10.0. The maximum absolute atomic E-state index is 13.6. The summed E-state index contributed by atoms with van der Waals surface area (Å²) in [6.07, 6.45) is 3.11. The summed E-state index contributed by atoms with van der Waals surface area (Å²) in [7, 11) is 0. The summed E-state index contributed by atoms with van der Waals surface area (Å²) in [4.78, 5) is 98.2. The van der Waals surface area contributed by atoms with E-state index in [4.69, 9.17) is 40.1 Å². The number of aliphatic imine (C=N–C) groups is 2. The third kappa shape index (κ3) is 23.4. The highest BCUT2D eigenvalue weighted by molar-refractivity contribution is 5.95. The topological polar surface area (TPSA) is 419 Å². The summed E-state index contributed by atoms with van der Waals surface area (Å²) in [5.41, 5.74) is 39.7. The second kappa shape index (κ2) is 30.0. The van der Waals surface area contributed by atoms with E-state index in [0.717, 1.165) is 5.56 Å². The number of benzene rings is 1. The van der Waals surface area contributed by atoms with E-state index in [1.165, 1.54) is 0 Å². The molecule has 0 bridgehead atoms. The van der Waals surface area contributed by atoms with Crippen LogP contribution in [0.2, 0.25) is 0 Å². The molecule has 0 saturated carbocycles. The van der Waals surface area contributed by atoms with Crippen molar-refractivity contribution in [2.45, 2.75) is 101 Å². The molecule has 0 aliphatic carbocycles. The standard InChI is InChI=1S/C37H65N15O8/c38-16-6-4-12-25(51-34(58)27(15-9-19-46-37(43)44)50-31(55)24(40)20-23-10-2-1-3-11-23)32(56)48-21-29(53)47-22-30(54)49-26(14-8-18-45-36(41)42)33(57)52-28(35(59)60)13-5-7-17-39/h1-3,10-11,24-28H,4-9,12-22,38-40H2,(H,47,53)(H,48,56)(H,49,54)(H,50,55)(H,51,58)(H,52,57)(H,59,60)(H4,41,42,45)(H4,43,44,46)/t24-,25-,26-,27-,28+/m0/s1. The molecule has 1 aromatic carbocycles. The molecule has 0 unspecified atom stereocenters. The Balaban J connectivity index is 2.94. The van der Waals surface area contributed by atoms with Gasteiger partial charge in [-0.3, -0.25) is 38.8 Å². The molecule has 6 amide bonds. The fraction of sp³-hybridized carbons (Fsp3) is 0.595. The van der Waals surface area contributed by atoms with Gasteiger partial charge in [0.2, 0.25) is 35.4 Å². The number of hydrogen-bond acceptors (Lipinski definition) is 12. The van der Waals surface area contributed by atoms with E-state index in [1.807, 2.05) is 30.3 Å². The number of hydrogen-bond donors (Lipinski definition) is 14. The van der Waals surface area contributed by atoms with Crippen molar-refractivity contribution in [1.82, 2.24) is 31.9 Å². The normalized spacial score (nSPS) is 13.2. The molecule has 0 spiro atoms. The number of rotatable bonds is 31. The highest BCUT2D eigenvalue weighted by Gasteiger charge is 2.29. The molecule has 23 nitrogen and oxygen atoms in total. The number of carbonyl (C=O) groups excluding carboxylic acids is 6. The van der Waals surface area contributed by atoms with Gasteiger partial charge in [-0.1, -0.05) is 30.3 Å². The van der Waals surface area contributed by atoms with Crippen molar-refractivity contribution in [3.63, 3.8) is 0 Å². The summed E-state index contributed by atoms with van der Waals surface area (Å²) in [6.45, 7) is -0.225. The average molecular weight is 848 g/mol. The minimum atomic E-state index is -1.26. The van der Waals surface area contributed by atoms with E-state index in [-0.39, 0.29) is 63.5 Å². The summed E-state index contributed by atoms with van der Waals surface area (Å²) in [5, 5.41) is 24.6. The zero-order valence-electron chi connectivity index (χ0n) is 34.0. The van der Waals surface area contributed by atoms with Crippen molar-refractivity contribution in [3.05, 3.63) is 35.9 Å². The number of amides is 6. The third-order valence-corrected chi connectivity index (χ3v) is 8.82. The fourth-order valence-corrected chi connectivity index (χ4v) is 5.62. The number of aliphatic carboxylic acids is 1. The zero-order valence-corrected chi connectivity index (χ0v) is 34.0. The lowest BCUT2D eigenvalue weighted by Gasteiger charge is -2.24. The van der Waals surface area contributed by atoms with Gasteiger partial charge in [0.25, 0.3) is 0 Å². The van der Waals surface area contributed by atoms with Crippen molar-refractivity contribution in [2.75, 3.05) is 39.3 Å². The Morgan fingerprint density at radius 1 is 0.550 bits per heavy atom. The van der Waals surface area contributed by atoms with Crippen molar-refractivity contribution < 1.29 is 38.7 Å². The van der Waals surface area contributed by atoms with E-state index in [2.05, 4.69) is 41.9 Å². The third-order valence-electron chi connectivity index (χ3n) is 8.82. The molecule has 0 aromatic heterocycles. The van der Waals surface area contributed by atoms with Crippen LogP contribution in [0.15, 0.2) is 40.3 Å². The molecular formula is C37H65N15O8. The Bertz CT molecular complexity index is 1570. The van der Waals surface area contributed by atoms with Crippen LogP contribution in [0.1, 0.15) is 69.8 Å². The molecule has 336 valence electrons. The van der Waals surface area contributed by atoms with Crippen LogP contribution in [0.5, 0.6) is 0 Å². The molecule has 21 N–H and O–H groups in total. The van der Waals surface area contributed by atoms with Gasteiger partial charge in [0.05, 0.1) is 19.1 Å². The Kier molecular flexibility index (Phi) is 26.0. The number of carboxylic acid groups (broad SMARTS) is 1. The molecule has 0 heterocycles. The lowest BCUT2D eigenvalue weighted by Crippen LogP contribution is -2.56. The Morgan fingerprint density at radius 2 is 1.00 bits per heavy atom. The molecule has 0 fully saturated rings. The fourth-order valence-electron chi connectivity index (χ4n) is 5.62. The first-order chi connectivity index (χ1) is 28.6. The molecule has 5 atom stereocenters. The number of nitrogens with two attached hydrogens (primary N) is 7. The van der Waals surface area contributed by atoms with Gasteiger partial charge < -0.3 is 77.1 Å². The van der Waals surface area contributed by atoms with E-state index in [1.54, 1.807) is 0 Å². The minimum Gasteiger partial charge on any atom is -0.480 e. The molecule has 60 heavy (non-hydrogen) atoms. The highest BCUT2D eigenvalue weighted by Crippen LogP contribution is 2.08. The van der Waals surface area contributed by atoms with Crippen LogP contribution >= 0.6 is 0 Å². The second-order valence-electron chi connectivity index (χ2n) is 13.9. The molecule has 23 heteroatoms. The van der Waals surface area contributed by atoms with E-state index in [0.29, 0.717) is 45.2 Å². The minimum absolute atomic E-state index is 0.0338. The predicted octanol–water partition coefficient (Wildman–Crippen LogP) is -4.82. The predicted molar refractivity (Wildman–Crippen MR) is 225 cm³/mol. The number of nitrogens with zero attached hydrogens (tertiary/aromatic N) is 2. The van der Waals surface area contributed by atoms with Crippen LogP contribution in [-0.4, -0.2) is 128 Å². The first-order valence-electron chi connectivity index (χ1n) is 19.9. The number of carbonyl (C=O) groups is 7. The van der Waals surface area contributed by atoms with Crippen LogP contribution in [0, 0.1) is 0 Å². The van der Waals surface area contributed by atoms with Gasteiger partial charge in [0.1, 0.15) is 24.2 Å². The number of nitrogens with one attached hydrogen (secondary N) is 6. The first kappa shape index (κ1) is 51.9. The van der Waals surface area contributed by atoms with Crippen LogP contribution in [-0.2, 0) is 40.0 Å². The molecule has 1 rings (SSSR count). The molecule has 1 aromatic rings. The van der Waals surface area contributed by atoms with Gasteiger partial charge >= 0.3 is 5.97 Å².